The first kappa shape index (κ1) is 12.3. The number of ether oxygens (including phenoxy) is 1. The monoisotopic (exact) mass is 274 g/mol. The van der Waals surface area contributed by atoms with Crippen molar-refractivity contribution < 1.29 is 4.74 Å². The van der Waals surface area contributed by atoms with Gasteiger partial charge in [0.1, 0.15) is 11.8 Å². The third-order valence-corrected chi connectivity index (χ3v) is 2.55. The standard InChI is InChI=1S/C11H14N8O/c1-3-4-12-10-16-8-7(13-5-14-8)9(17-10)20-11-15-6-19(2)18-11/h5-6H,3-4H2,1-2H3,(H2,12,13,14,16,17). The summed E-state index contributed by atoms with van der Waals surface area (Å²) < 4.78 is 7.14. The molecule has 3 aromatic rings. The Balaban J connectivity index is 1.96. The zero-order valence-electron chi connectivity index (χ0n) is 11.2. The van der Waals surface area contributed by atoms with Crippen LogP contribution in [0.1, 0.15) is 13.3 Å². The van der Waals surface area contributed by atoms with Gasteiger partial charge in [-0.05, 0) is 6.42 Å². The number of hydrogen-bond donors (Lipinski definition) is 2. The van der Waals surface area contributed by atoms with Gasteiger partial charge in [-0.3, -0.25) is 4.68 Å². The molecular weight excluding hydrogens is 260 g/mol. The first-order valence-corrected chi connectivity index (χ1v) is 6.24. The quantitative estimate of drug-likeness (QED) is 0.717. The highest BCUT2D eigenvalue weighted by Crippen LogP contribution is 2.24. The van der Waals surface area contributed by atoms with E-state index in [1.54, 1.807) is 24.4 Å². The molecule has 0 aliphatic carbocycles. The number of nitrogens with zero attached hydrogens (tertiary/aromatic N) is 6. The Morgan fingerprint density at radius 3 is 3.00 bits per heavy atom. The van der Waals surface area contributed by atoms with Gasteiger partial charge in [0, 0.05) is 13.6 Å². The molecule has 0 atom stereocenters. The molecule has 2 N–H and O–H groups in total. The number of aromatic nitrogens is 7. The van der Waals surface area contributed by atoms with Gasteiger partial charge in [0.05, 0.1) is 6.33 Å². The SMILES string of the molecule is CCCNc1nc(Oc2ncn(C)n2)c2[nH]cnc2n1. The summed E-state index contributed by atoms with van der Waals surface area (Å²) in [6.45, 7) is 2.84. The average Bonchev–Trinajstić information content (AvgIpc) is 3.05. The normalized spacial score (nSPS) is 10.9. The van der Waals surface area contributed by atoms with Gasteiger partial charge < -0.3 is 15.0 Å². The summed E-state index contributed by atoms with van der Waals surface area (Å²) in [5.41, 5.74) is 1.14. The van der Waals surface area contributed by atoms with Crippen LogP contribution in [0.15, 0.2) is 12.7 Å². The van der Waals surface area contributed by atoms with Crippen LogP contribution in [0.2, 0.25) is 0 Å². The van der Waals surface area contributed by atoms with Gasteiger partial charge >= 0.3 is 6.01 Å². The summed E-state index contributed by atoms with van der Waals surface area (Å²) in [5, 5.41) is 7.16. The Kier molecular flexibility index (Phi) is 3.15. The van der Waals surface area contributed by atoms with E-state index in [0.717, 1.165) is 13.0 Å². The van der Waals surface area contributed by atoms with E-state index in [2.05, 4.69) is 42.3 Å². The van der Waals surface area contributed by atoms with E-state index < -0.39 is 0 Å². The van der Waals surface area contributed by atoms with E-state index in [9.17, 15) is 0 Å². The van der Waals surface area contributed by atoms with Crippen LogP contribution in [-0.2, 0) is 7.05 Å². The molecule has 0 unspecified atom stereocenters. The Labute approximate surface area is 114 Å². The third kappa shape index (κ3) is 2.37. The van der Waals surface area contributed by atoms with Crippen molar-refractivity contribution in [3.05, 3.63) is 12.7 Å². The molecule has 0 fully saturated rings. The molecule has 0 radical (unpaired) electrons. The molecule has 3 heterocycles. The molecule has 0 aliphatic heterocycles. The maximum absolute atomic E-state index is 5.59. The van der Waals surface area contributed by atoms with Crippen LogP contribution in [0.25, 0.3) is 11.2 Å². The molecule has 0 saturated heterocycles. The first-order chi connectivity index (χ1) is 9.76. The van der Waals surface area contributed by atoms with Gasteiger partial charge in [0.2, 0.25) is 5.95 Å². The third-order valence-electron chi connectivity index (χ3n) is 2.55. The van der Waals surface area contributed by atoms with Crippen molar-refractivity contribution >= 4 is 17.1 Å². The molecular formula is C11H14N8O. The Morgan fingerprint density at radius 1 is 1.35 bits per heavy atom. The van der Waals surface area contributed by atoms with Crippen molar-refractivity contribution in [2.45, 2.75) is 13.3 Å². The maximum atomic E-state index is 5.59. The van der Waals surface area contributed by atoms with Crippen LogP contribution >= 0.6 is 0 Å². The number of anilines is 1. The summed E-state index contributed by atoms with van der Waals surface area (Å²) in [6, 6.07) is 0.226. The molecule has 0 spiro atoms. The van der Waals surface area contributed by atoms with E-state index >= 15 is 0 Å². The van der Waals surface area contributed by atoms with Gasteiger partial charge in [-0.1, -0.05) is 6.92 Å². The number of imidazole rings is 1. The zero-order chi connectivity index (χ0) is 13.9. The summed E-state index contributed by atoms with van der Waals surface area (Å²) in [7, 11) is 1.76. The van der Waals surface area contributed by atoms with Gasteiger partial charge in [0.25, 0.3) is 5.88 Å². The molecule has 104 valence electrons. The van der Waals surface area contributed by atoms with Crippen LogP contribution in [0.3, 0.4) is 0 Å². The minimum atomic E-state index is 0.226. The van der Waals surface area contributed by atoms with E-state index in [1.807, 2.05) is 0 Å². The fraction of sp³-hybridized carbons (Fsp3) is 0.364. The van der Waals surface area contributed by atoms with E-state index in [0.29, 0.717) is 23.0 Å². The molecule has 9 nitrogen and oxygen atoms in total. The van der Waals surface area contributed by atoms with Crippen LogP contribution in [0.4, 0.5) is 5.95 Å². The minimum absolute atomic E-state index is 0.226. The van der Waals surface area contributed by atoms with Gasteiger partial charge in [-0.2, -0.15) is 15.0 Å². The Bertz CT molecular complexity index is 718. The number of aryl methyl sites for hydroxylation is 1. The fourth-order valence-electron chi connectivity index (χ4n) is 1.65. The summed E-state index contributed by atoms with van der Waals surface area (Å²) in [5.74, 6) is 0.815. The number of fused-ring (bicyclic) bond motifs is 1. The molecule has 3 rings (SSSR count). The van der Waals surface area contributed by atoms with Gasteiger partial charge in [-0.25, -0.2) is 4.98 Å². The second-order valence-corrected chi connectivity index (χ2v) is 4.18. The van der Waals surface area contributed by atoms with Crippen molar-refractivity contribution in [1.82, 2.24) is 34.7 Å². The van der Waals surface area contributed by atoms with Crippen molar-refractivity contribution in [2.24, 2.45) is 7.05 Å². The smallest absolute Gasteiger partial charge is 0.342 e. The predicted molar refractivity (Wildman–Crippen MR) is 71.5 cm³/mol. The molecule has 9 heteroatoms. The Hall–Kier alpha value is -2.71. The fourth-order valence-corrected chi connectivity index (χ4v) is 1.65. The lowest BCUT2D eigenvalue weighted by Gasteiger charge is -2.05. The number of nitrogens with one attached hydrogen (secondary N) is 2. The Morgan fingerprint density at radius 2 is 2.25 bits per heavy atom. The molecule has 20 heavy (non-hydrogen) atoms. The van der Waals surface area contributed by atoms with Crippen molar-refractivity contribution in [2.75, 3.05) is 11.9 Å². The number of aromatic amines is 1. The van der Waals surface area contributed by atoms with Crippen molar-refractivity contribution in [3.63, 3.8) is 0 Å². The van der Waals surface area contributed by atoms with Gasteiger partial charge in [-0.15, -0.1) is 5.10 Å². The van der Waals surface area contributed by atoms with Crippen molar-refractivity contribution in [3.8, 4) is 11.9 Å². The average molecular weight is 274 g/mol. The van der Waals surface area contributed by atoms with Crippen LogP contribution < -0.4 is 10.1 Å². The van der Waals surface area contributed by atoms with Crippen LogP contribution in [-0.4, -0.2) is 41.2 Å². The predicted octanol–water partition coefficient (Wildman–Crippen LogP) is 1.10. The number of H-pyrrole nitrogens is 1. The topological polar surface area (TPSA) is 106 Å². The highest BCUT2D eigenvalue weighted by molar-refractivity contribution is 5.77. The molecule has 0 aliphatic rings. The molecule has 0 saturated carbocycles. The molecule has 0 amide bonds. The summed E-state index contributed by atoms with van der Waals surface area (Å²) in [6.07, 6.45) is 4.07. The molecule has 0 bridgehead atoms. The maximum Gasteiger partial charge on any atom is 0.342 e. The number of rotatable bonds is 5. The summed E-state index contributed by atoms with van der Waals surface area (Å²) >= 11 is 0. The highest BCUT2D eigenvalue weighted by atomic mass is 16.5. The molecule has 0 aromatic carbocycles. The lowest BCUT2D eigenvalue weighted by atomic mass is 10.5. The van der Waals surface area contributed by atoms with Gasteiger partial charge in [0.15, 0.2) is 5.65 Å². The van der Waals surface area contributed by atoms with E-state index in [4.69, 9.17) is 4.74 Å². The second kappa shape index (κ2) is 5.11. The van der Waals surface area contributed by atoms with E-state index in [-0.39, 0.29) is 6.01 Å². The second-order valence-electron chi connectivity index (χ2n) is 4.18. The lowest BCUT2D eigenvalue weighted by molar-refractivity contribution is 0.427. The largest absolute Gasteiger partial charge is 0.402 e. The number of hydrogen-bond acceptors (Lipinski definition) is 7. The van der Waals surface area contributed by atoms with Crippen LogP contribution in [0, 0.1) is 0 Å². The zero-order valence-corrected chi connectivity index (χ0v) is 11.2. The molecule has 3 aromatic heterocycles. The summed E-state index contributed by atoms with van der Waals surface area (Å²) in [4.78, 5) is 19.7. The van der Waals surface area contributed by atoms with E-state index in [1.165, 1.54) is 0 Å². The van der Waals surface area contributed by atoms with Crippen LogP contribution in [0.5, 0.6) is 11.9 Å². The lowest BCUT2D eigenvalue weighted by Crippen LogP contribution is -2.05. The first-order valence-electron chi connectivity index (χ1n) is 6.24. The van der Waals surface area contributed by atoms with Crippen molar-refractivity contribution in [1.29, 1.82) is 0 Å². The minimum Gasteiger partial charge on any atom is -0.402 e. The highest BCUT2D eigenvalue weighted by Gasteiger charge is 2.13.